The molecule has 0 spiro atoms. The highest BCUT2D eigenvalue weighted by Gasteiger charge is 2.23. The van der Waals surface area contributed by atoms with Crippen molar-refractivity contribution in [3.63, 3.8) is 0 Å². The summed E-state index contributed by atoms with van der Waals surface area (Å²) in [4.78, 5) is 41.0. The van der Waals surface area contributed by atoms with Gasteiger partial charge in [0, 0.05) is 38.3 Å². The average molecular weight is 417 g/mol. The zero-order chi connectivity index (χ0) is 21.0. The molecule has 0 bridgehead atoms. The lowest BCUT2D eigenvalue weighted by Crippen LogP contribution is -2.50. The number of hydrogen-bond donors (Lipinski definition) is 1. The monoisotopic (exact) mass is 416 g/mol. The second-order valence-corrected chi connectivity index (χ2v) is 7.41. The number of carbonyl (C=O) groups excluding carboxylic acids is 2. The maximum Gasteiger partial charge on any atom is 0.274 e. The van der Waals surface area contributed by atoms with Gasteiger partial charge in [-0.25, -0.2) is 0 Å². The Kier molecular flexibility index (Phi) is 6.59. The zero-order valence-electron chi connectivity index (χ0n) is 16.7. The minimum absolute atomic E-state index is 0.0490. The molecule has 2 amide bonds. The summed E-state index contributed by atoms with van der Waals surface area (Å²) in [5.41, 5.74) is 1.47. The van der Waals surface area contributed by atoms with Crippen LogP contribution in [-0.4, -0.2) is 47.5 Å². The van der Waals surface area contributed by atoms with Gasteiger partial charge in [-0.3, -0.25) is 14.4 Å². The number of benzene rings is 1. The Morgan fingerprint density at radius 2 is 1.76 bits per heavy atom. The van der Waals surface area contributed by atoms with Gasteiger partial charge in [0.25, 0.3) is 5.56 Å². The fourth-order valence-corrected chi connectivity index (χ4v) is 3.60. The summed E-state index contributed by atoms with van der Waals surface area (Å²) in [6.45, 7) is 5.91. The molecule has 1 aromatic heterocycles. The van der Waals surface area contributed by atoms with Crippen molar-refractivity contribution in [1.29, 1.82) is 0 Å². The SMILES string of the molecule is CCC(=O)Nc1ccc(C)n(CC(=O)N2CCN(c3ccccc3Cl)CC2)c1=O. The third-order valence-electron chi connectivity index (χ3n) is 5.11. The molecule has 1 N–H and O–H groups in total. The van der Waals surface area contributed by atoms with E-state index in [9.17, 15) is 14.4 Å². The Morgan fingerprint density at radius 1 is 1.07 bits per heavy atom. The van der Waals surface area contributed by atoms with Crippen LogP contribution in [0.3, 0.4) is 0 Å². The molecule has 0 unspecified atom stereocenters. The molecular weight excluding hydrogens is 392 g/mol. The molecule has 0 radical (unpaired) electrons. The van der Waals surface area contributed by atoms with Crippen LogP contribution in [0.15, 0.2) is 41.2 Å². The third-order valence-corrected chi connectivity index (χ3v) is 5.43. The first kappa shape index (κ1) is 20.9. The lowest BCUT2D eigenvalue weighted by molar-refractivity contribution is -0.132. The summed E-state index contributed by atoms with van der Waals surface area (Å²) in [7, 11) is 0. The molecule has 0 atom stereocenters. The van der Waals surface area contributed by atoms with Crippen molar-refractivity contribution in [3.05, 3.63) is 57.5 Å². The summed E-state index contributed by atoms with van der Waals surface area (Å²) in [5, 5.41) is 3.29. The number of pyridine rings is 1. The molecule has 1 aliphatic heterocycles. The minimum Gasteiger partial charge on any atom is -0.367 e. The highest BCUT2D eigenvalue weighted by molar-refractivity contribution is 6.33. The molecule has 1 aliphatic rings. The smallest absolute Gasteiger partial charge is 0.274 e. The van der Waals surface area contributed by atoms with Crippen LogP contribution in [0.4, 0.5) is 11.4 Å². The maximum atomic E-state index is 12.8. The minimum atomic E-state index is -0.366. The van der Waals surface area contributed by atoms with Crippen molar-refractivity contribution in [2.45, 2.75) is 26.8 Å². The van der Waals surface area contributed by atoms with Gasteiger partial charge >= 0.3 is 0 Å². The quantitative estimate of drug-likeness (QED) is 0.812. The van der Waals surface area contributed by atoms with Crippen LogP contribution >= 0.6 is 11.6 Å². The Bertz CT molecular complexity index is 965. The van der Waals surface area contributed by atoms with Crippen LogP contribution < -0.4 is 15.8 Å². The Hall–Kier alpha value is -2.80. The summed E-state index contributed by atoms with van der Waals surface area (Å²) >= 11 is 6.27. The van der Waals surface area contributed by atoms with E-state index in [1.165, 1.54) is 4.57 Å². The maximum absolute atomic E-state index is 12.8. The first-order chi connectivity index (χ1) is 13.9. The molecular formula is C21H25ClN4O3. The van der Waals surface area contributed by atoms with Gasteiger partial charge in [0.05, 0.1) is 10.7 Å². The molecule has 29 heavy (non-hydrogen) atoms. The Morgan fingerprint density at radius 3 is 2.41 bits per heavy atom. The largest absolute Gasteiger partial charge is 0.367 e. The number of nitrogens with one attached hydrogen (secondary N) is 1. The van der Waals surface area contributed by atoms with Gasteiger partial charge in [0.2, 0.25) is 11.8 Å². The lowest BCUT2D eigenvalue weighted by Gasteiger charge is -2.36. The number of halogens is 1. The van der Waals surface area contributed by atoms with Crippen LogP contribution in [0.1, 0.15) is 19.0 Å². The topological polar surface area (TPSA) is 74.7 Å². The average Bonchev–Trinajstić information content (AvgIpc) is 2.73. The van der Waals surface area contributed by atoms with E-state index < -0.39 is 0 Å². The summed E-state index contributed by atoms with van der Waals surface area (Å²) in [6.07, 6.45) is 0.280. The van der Waals surface area contributed by atoms with Crippen LogP contribution in [0.25, 0.3) is 0 Å². The molecule has 0 aliphatic carbocycles. The number of aryl methyl sites for hydroxylation is 1. The molecule has 7 nitrogen and oxygen atoms in total. The zero-order valence-corrected chi connectivity index (χ0v) is 17.4. The number of para-hydroxylation sites is 1. The van der Waals surface area contributed by atoms with E-state index in [1.807, 2.05) is 24.3 Å². The predicted octanol–water partition coefficient (Wildman–Crippen LogP) is 2.51. The highest BCUT2D eigenvalue weighted by atomic mass is 35.5. The van der Waals surface area contributed by atoms with E-state index in [-0.39, 0.29) is 36.0 Å². The number of rotatable bonds is 5. The Balaban J connectivity index is 1.67. The van der Waals surface area contributed by atoms with E-state index in [1.54, 1.807) is 30.9 Å². The van der Waals surface area contributed by atoms with E-state index in [0.29, 0.717) is 36.9 Å². The standard InChI is InChI=1S/C21H25ClN4O3/c1-3-19(27)23-17-9-8-15(2)26(21(17)29)14-20(28)25-12-10-24(11-13-25)18-7-5-4-6-16(18)22/h4-9H,3,10-14H2,1-2H3,(H,23,27). The van der Waals surface area contributed by atoms with E-state index >= 15 is 0 Å². The van der Waals surface area contributed by atoms with Gasteiger partial charge in [-0.2, -0.15) is 0 Å². The van der Waals surface area contributed by atoms with Crippen molar-refractivity contribution in [2.75, 3.05) is 36.4 Å². The van der Waals surface area contributed by atoms with Gasteiger partial charge in [0.1, 0.15) is 12.2 Å². The van der Waals surface area contributed by atoms with Crippen molar-refractivity contribution in [1.82, 2.24) is 9.47 Å². The van der Waals surface area contributed by atoms with Gasteiger partial charge in [-0.15, -0.1) is 0 Å². The van der Waals surface area contributed by atoms with Crippen molar-refractivity contribution in [3.8, 4) is 0 Å². The van der Waals surface area contributed by atoms with Gasteiger partial charge in [-0.05, 0) is 31.2 Å². The van der Waals surface area contributed by atoms with Crippen LogP contribution in [0, 0.1) is 6.92 Å². The van der Waals surface area contributed by atoms with Crippen LogP contribution in [-0.2, 0) is 16.1 Å². The van der Waals surface area contributed by atoms with Gasteiger partial charge in [0.15, 0.2) is 0 Å². The Labute approximate surface area is 174 Å². The molecule has 154 valence electrons. The fourth-order valence-electron chi connectivity index (χ4n) is 3.34. The molecule has 1 fully saturated rings. The van der Waals surface area contributed by atoms with Gasteiger partial charge < -0.3 is 19.7 Å². The first-order valence-electron chi connectivity index (χ1n) is 9.68. The second kappa shape index (κ2) is 9.13. The number of anilines is 2. The number of hydrogen-bond acceptors (Lipinski definition) is 4. The molecule has 3 rings (SSSR count). The van der Waals surface area contributed by atoms with E-state index in [0.717, 1.165) is 5.69 Å². The summed E-state index contributed by atoms with van der Waals surface area (Å²) < 4.78 is 1.41. The molecule has 2 heterocycles. The van der Waals surface area contributed by atoms with Gasteiger partial charge in [-0.1, -0.05) is 30.7 Å². The predicted molar refractivity (Wildman–Crippen MR) is 115 cm³/mol. The van der Waals surface area contributed by atoms with Crippen molar-refractivity contribution < 1.29 is 9.59 Å². The molecule has 0 saturated carbocycles. The van der Waals surface area contributed by atoms with Crippen molar-refractivity contribution in [2.24, 2.45) is 0 Å². The molecule has 1 saturated heterocycles. The molecule has 2 aromatic rings. The number of aromatic nitrogens is 1. The summed E-state index contributed by atoms with van der Waals surface area (Å²) in [6, 6.07) is 11.0. The number of amides is 2. The molecule has 1 aromatic carbocycles. The fraction of sp³-hybridized carbons (Fsp3) is 0.381. The summed E-state index contributed by atoms with van der Waals surface area (Å²) in [5.74, 6) is -0.354. The number of nitrogens with zero attached hydrogens (tertiary/aromatic N) is 3. The van der Waals surface area contributed by atoms with Crippen LogP contribution in [0.5, 0.6) is 0 Å². The molecule has 8 heteroatoms. The highest BCUT2D eigenvalue weighted by Crippen LogP contribution is 2.26. The van der Waals surface area contributed by atoms with E-state index in [4.69, 9.17) is 11.6 Å². The van der Waals surface area contributed by atoms with Crippen molar-refractivity contribution >= 4 is 34.8 Å². The van der Waals surface area contributed by atoms with Crippen LogP contribution in [0.2, 0.25) is 5.02 Å². The second-order valence-electron chi connectivity index (χ2n) is 7.00. The number of piperazine rings is 1. The number of carbonyl (C=O) groups is 2. The van der Waals surface area contributed by atoms with E-state index in [2.05, 4.69) is 10.2 Å². The normalized spacial score (nSPS) is 14.0. The third kappa shape index (κ3) is 4.79. The first-order valence-corrected chi connectivity index (χ1v) is 10.1. The lowest BCUT2D eigenvalue weighted by atomic mass is 10.2.